The molecule has 8 rings (SSSR count). The summed E-state index contributed by atoms with van der Waals surface area (Å²) in [5.74, 6) is 1.55. The molecule has 2 aliphatic heterocycles. The van der Waals surface area contributed by atoms with Crippen LogP contribution in [0.15, 0.2) is 54.9 Å². The molecule has 2 saturated heterocycles. The van der Waals surface area contributed by atoms with Gasteiger partial charge in [0.05, 0.1) is 12.4 Å². The SMILES string of the molecule is CCc1nnn([C@H]2C[C@@H](n3cnc4c(NCC(c5ccc(O)cc5)c5ccc(O)cc5)nc(N5CC[C@@H](NC(=O)NC6CCNC6)C5)nc43)[C@H](O)[C@@H]2O)n1. The Labute approximate surface area is 310 Å². The van der Waals surface area contributed by atoms with E-state index in [4.69, 9.17) is 15.0 Å². The van der Waals surface area contributed by atoms with Gasteiger partial charge in [0.15, 0.2) is 22.8 Å². The van der Waals surface area contributed by atoms with E-state index >= 15 is 0 Å². The van der Waals surface area contributed by atoms with Gasteiger partial charge < -0.3 is 51.2 Å². The standard InChI is InChI=1S/C36H45N13O5/c1-2-29-44-46-49(45-29)28-15-27(31(52)32(28)53)48-19-39-30-33(38-17-26(20-3-7-24(50)8-4-20)21-5-9-25(51)10-6-21)42-35(43-34(30)48)47-14-12-23(18-47)41-36(54)40-22-11-13-37-16-22/h3-10,19,22-23,26-28,31-32,37,50-53H,2,11-18H2,1H3,(H,38,42,43)(H2,40,41,54)/t22?,23-,27-,28+,31+,32-/m1/s1. The van der Waals surface area contributed by atoms with Crippen LogP contribution >= 0.6 is 0 Å². The summed E-state index contributed by atoms with van der Waals surface area (Å²) < 4.78 is 1.78. The minimum absolute atomic E-state index is 0.104. The van der Waals surface area contributed by atoms with Crippen LogP contribution in [0.5, 0.6) is 11.5 Å². The summed E-state index contributed by atoms with van der Waals surface area (Å²) in [4.78, 5) is 30.9. The van der Waals surface area contributed by atoms with Gasteiger partial charge in [-0.1, -0.05) is 31.2 Å². The second-order valence-electron chi connectivity index (χ2n) is 14.3. The Kier molecular flexibility index (Phi) is 9.87. The summed E-state index contributed by atoms with van der Waals surface area (Å²) in [6, 6.07) is 12.6. The van der Waals surface area contributed by atoms with Gasteiger partial charge in [-0.05, 0) is 66.4 Å². The number of hydrogen-bond acceptors (Lipinski definition) is 14. The number of phenols is 2. The van der Waals surface area contributed by atoms with E-state index in [1.54, 1.807) is 35.2 Å². The van der Waals surface area contributed by atoms with Crippen LogP contribution in [0.25, 0.3) is 11.2 Å². The van der Waals surface area contributed by atoms with Crippen molar-refractivity contribution in [2.75, 3.05) is 42.9 Å². The Morgan fingerprint density at radius 1 is 0.944 bits per heavy atom. The number of tetrazole rings is 1. The predicted octanol–water partition coefficient (Wildman–Crippen LogP) is 1.18. The van der Waals surface area contributed by atoms with E-state index in [1.165, 1.54) is 4.80 Å². The summed E-state index contributed by atoms with van der Waals surface area (Å²) in [7, 11) is 0. The number of carbonyl (C=O) groups is 1. The van der Waals surface area contributed by atoms with Gasteiger partial charge in [-0.3, -0.25) is 0 Å². The molecule has 1 unspecified atom stereocenters. The largest absolute Gasteiger partial charge is 0.508 e. The summed E-state index contributed by atoms with van der Waals surface area (Å²) in [5.41, 5.74) is 2.81. The third kappa shape index (κ3) is 7.19. The highest BCUT2D eigenvalue weighted by molar-refractivity contribution is 5.84. The highest BCUT2D eigenvalue weighted by Gasteiger charge is 2.45. The molecule has 0 spiro atoms. The van der Waals surface area contributed by atoms with Crippen LogP contribution in [-0.4, -0.2) is 123 Å². The zero-order chi connectivity index (χ0) is 37.3. The molecule has 3 fully saturated rings. The molecule has 8 N–H and O–H groups in total. The number of aryl methyl sites for hydroxylation is 1. The van der Waals surface area contributed by atoms with E-state index in [0.717, 1.165) is 30.6 Å². The van der Waals surface area contributed by atoms with E-state index in [0.29, 0.717) is 67.7 Å². The number of benzene rings is 2. The zero-order valence-corrected chi connectivity index (χ0v) is 29.8. The van der Waals surface area contributed by atoms with Gasteiger partial charge in [0.1, 0.15) is 29.7 Å². The maximum absolute atomic E-state index is 12.8. The fourth-order valence-electron chi connectivity index (χ4n) is 7.73. The first-order valence-corrected chi connectivity index (χ1v) is 18.5. The molecule has 5 aromatic rings. The molecule has 18 nitrogen and oxygen atoms in total. The number of urea groups is 1. The molecule has 0 bridgehead atoms. The molecule has 2 amide bonds. The van der Waals surface area contributed by atoms with Crippen LogP contribution in [0.3, 0.4) is 0 Å². The number of aromatic nitrogens is 8. The minimum Gasteiger partial charge on any atom is -0.508 e. The topological polar surface area (TPSA) is 237 Å². The number of phenolic OH excluding ortho intramolecular Hbond substituents is 2. The van der Waals surface area contributed by atoms with Crippen molar-refractivity contribution in [1.82, 2.24) is 55.7 Å². The first kappa shape index (κ1) is 35.4. The lowest BCUT2D eigenvalue weighted by Gasteiger charge is -2.22. The van der Waals surface area contributed by atoms with Crippen LogP contribution in [0.1, 0.15) is 61.1 Å². The zero-order valence-electron chi connectivity index (χ0n) is 29.8. The lowest BCUT2D eigenvalue weighted by molar-refractivity contribution is 0.00473. The number of nitrogens with one attached hydrogen (secondary N) is 4. The molecule has 18 heteroatoms. The van der Waals surface area contributed by atoms with Gasteiger partial charge in [0.25, 0.3) is 0 Å². The number of aliphatic hydroxyl groups excluding tert-OH is 2. The second kappa shape index (κ2) is 15.0. The molecule has 3 aromatic heterocycles. The maximum Gasteiger partial charge on any atom is 0.315 e. The molecular weight excluding hydrogens is 694 g/mol. The quantitative estimate of drug-likeness (QED) is 0.0950. The van der Waals surface area contributed by atoms with Crippen LogP contribution in [0.4, 0.5) is 16.6 Å². The molecule has 1 aliphatic carbocycles. The van der Waals surface area contributed by atoms with Gasteiger partial charge in [-0.2, -0.15) is 14.8 Å². The summed E-state index contributed by atoms with van der Waals surface area (Å²) in [6.45, 7) is 5.02. The van der Waals surface area contributed by atoms with Gasteiger partial charge >= 0.3 is 6.03 Å². The highest BCUT2D eigenvalue weighted by Crippen LogP contribution is 2.40. The van der Waals surface area contributed by atoms with E-state index in [2.05, 4.69) is 36.7 Å². The van der Waals surface area contributed by atoms with E-state index in [9.17, 15) is 25.2 Å². The van der Waals surface area contributed by atoms with Crippen molar-refractivity contribution in [3.8, 4) is 11.5 Å². The molecule has 284 valence electrons. The average molecular weight is 740 g/mol. The van der Waals surface area contributed by atoms with E-state index < -0.39 is 24.3 Å². The number of amides is 2. The van der Waals surface area contributed by atoms with Crippen LogP contribution in [-0.2, 0) is 6.42 Å². The van der Waals surface area contributed by atoms with Crippen molar-refractivity contribution < 1.29 is 25.2 Å². The number of anilines is 2. The number of hydrogen-bond donors (Lipinski definition) is 8. The van der Waals surface area contributed by atoms with Gasteiger partial charge in [0, 0.05) is 50.6 Å². The maximum atomic E-state index is 12.8. The van der Waals surface area contributed by atoms with Crippen molar-refractivity contribution in [1.29, 1.82) is 0 Å². The fraction of sp³-hybridized carbons (Fsp3) is 0.472. The molecule has 6 atom stereocenters. The number of aromatic hydroxyl groups is 2. The molecule has 1 saturated carbocycles. The van der Waals surface area contributed by atoms with E-state index in [1.807, 2.05) is 36.1 Å². The molecule has 3 aliphatic rings. The third-order valence-electron chi connectivity index (χ3n) is 10.7. The summed E-state index contributed by atoms with van der Waals surface area (Å²) in [5, 5.41) is 68.1. The Morgan fingerprint density at radius 2 is 1.65 bits per heavy atom. The van der Waals surface area contributed by atoms with Gasteiger partial charge in [-0.15, -0.1) is 10.2 Å². The number of aliphatic hydroxyl groups is 2. The first-order valence-electron chi connectivity index (χ1n) is 18.5. The number of nitrogens with zero attached hydrogens (tertiary/aromatic N) is 9. The highest BCUT2D eigenvalue weighted by atomic mass is 16.3. The van der Waals surface area contributed by atoms with Gasteiger partial charge in [-0.25, -0.2) is 9.78 Å². The van der Waals surface area contributed by atoms with Crippen molar-refractivity contribution >= 4 is 29.0 Å². The lowest BCUT2D eigenvalue weighted by atomic mass is 9.91. The monoisotopic (exact) mass is 739 g/mol. The number of rotatable bonds is 11. The fourth-order valence-corrected chi connectivity index (χ4v) is 7.73. The van der Waals surface area contributed by atoms with Crippen molar-refractivity contribution in [3.63, 3.8) is 0 Å². The Balaban J connectivity index is 1.11. The third-order valence-corrected chi connectivity index (χ3v) is 10.7. The Morgan fingerprint density at radius 3 is 2.31 bits per heavy atom. The van der Waals surface area contributed by atoms with Crippen molar-refractivity contribution in [2.45, 2.75) is 74.9 Å². The number of carbonyl (C=O) groups excluding carboxylic acids is 1. The summed E-state index contributed by atoms with van der Waals surface area (Å²) >= 11 is 0. The average Bonchev–Trinajstić information content (AvgIpc) is 4.03. The molecular formula is C36H45N13O5. The van der Waals surface area contributed by atoms with Crippen molar-refractivity contribution in [2.24, 2.45) is 0 Å². The molecule has 54 heavy (non-hydrogen) atoms. The van der Waals surface area contributed by atoms with Crippen molar-refractivity contribution in [3.05, 3.63) is 71.8 Å². The normalized spacial score (nSPS) is 24.1. The smallest absolute Gasteiger partial charge is 0.315 e. The second-order valence-corrected chi connectivity index (χ2v) is 14.3. The Bertz CT molecular complexity index is 2020. The van der Waals surface area contributed by atoms with Crippen LogP contribution < -0.4 is 26.2 Å². The number of fused-ring (bicyclic) bond motifs is 1. The van der Waals surface area contributed by atoms with Gasteiger partial charge in [0.2, 0.25) is 5.95 Å². The molecule has 5 heterocycles. The Hall–Kier alpha value is -5.59. The minimum atomic E-state index is -1.17. The van der Waals surface area contributed by atoms with E-state index in [-0.39, 0.29) is 35.5 Å². The first-order chi connectivity index (χ1) is 26.2. The molecule has 2 aromatic carbocycles. The van der Waals surface area contributed by atoms with Crippen LogP contribution in [0, 0.1) is 0 Å². The number of imidazole rings is 1. The lowest BCUT2D eigenvalue weighted by Crippen LogP contribution is -2.47. The summed E-state index contributed by atoms with van der Waals surface area (Å²) in [6.07, 6.45) is 1.77. The molecule has 0 radical (unpaired) electrons. The predicted molar refractivity (Wildman–Crippen MR) is 197 cm³/mol. The van der Waals surface area contributed by atoms with Crippen LogP contribution in [0.2, 0.25) is 0 Å².